The number of benzene rings is 1. The predicted octanol–water partition coefficient (Wildman–Crippen LogP) is 4.35. The summed E-state index contributed by atoms with van der Waals surface area (Å²) < 4.78 is 0.504. The molecule has 0 saturated carbocycles. The SMILES string of the molecule is CC(C)C1=N[N+]2(Cc3ccccc3)C=CC=CC2=C1C(N)C(C)C. The van der Waals surface area contributed by atoms with Gasteiger partial charge in [0.2, 0.25) is 0 Å². The summed E-state index contributed by atoms with van der Waals surface area (Å²) in [6, 6.07) is 10.6. The molecule has 3 heteroatoms. The van der Waals surface area contributed by atoms with Gasteiger partial charge in [-0.2, -0.15) is 0 Å². The van der Waals surface area contributed by atoms with Crippen LogP contribution in [0.25, 0.3) is 0 Å². The number of rotatable bonds is 5. The molecule has 126 valence electrons. The molecule has 24 heavy (non-hydrogen) atoms. The van der Waals surface area contributed by atoms with E-state index in [1.165, 1.54) is 16.8 Å². The standard InChI is InChI=1S/C21H28N3/c1-15(2)20(22)19-18-12-8-9-13-24(18,23-21(19)16(3)4)14-17-10-6-5-7-11-17/h5-13,15-16,20H,14,22H2,1-4H3/q+1. The van der Waals surface area contributed by atoms with Crippen LogP contribution in [-0.2, 0) is 6.54 Å². The molecule has 0 saturated heterocycles. The highest BCUT2D eigenvalue weighted by molar-refractivity contribution is 6.04. The van der Waals surface area contributed by atoms with Crippen LogP contribution < -0.4 is 5.73 Å². The smallest absolute Gasteiger partial charge is 0.171 e. The van der Waals surface area contributed by atoms with Gasteiger partial charge in [0, 0.05) is 23.6 Å². The Balaban J connectivity index is 2.13. The topological polar surface area (TPSA) is 38.4 Å². The molecule has 0 aliphatic carbocycles. The average Bonchev–Trinajstić information content (AvgIpc) is 2.90. The molecular weight excluding hydrogens is 294 g/mol. The van der Waals surface area contributed by atoms with Crippen LogP contribution in [0.3, 0.4) is 0 Å². The van der Waals surface area contributed by atoms with E-state index < -0.39 is 0 Å². The summed E-state index contributed by atoms with van der Waals surface area (Å²) in [5.41, 5.74) is 11.5. The van der Waals surface area contributed by atoms with Crippen molar-refractivity contribution in [2.45, 2.75) is 40.3 Å². The van der Waals surface area contributed by atoms with Gasteiger partial charge >= 0.3 is 0 Å². The fourth-order valence-corrected chi connectivity index (χ4v) is 3.45. The average molecular weight is 322 g/mol. The lowest BCUT2D eigenvalue weighted by atomic mass is 9.87. The van der Waals surface area contributed by atoms with Crippen LogP contribution in [0.15, 0.2) is 71.1 Å². The summed E-state index contributed by atoms with van der Waals surface area (Å²) in [5.74, 6) is 0.739. The Hall–Kier alpha value is -1.97. The molecule has 2 N–H and O–H groups in total. The first-order chi connectivity index (χ1) is 11.4. The van der Waals surface area contributed by atoms with Gasteiger partial charge in [-0.05, 0) is 12.0 Å². The molecule has 0 radical (unpaired) electrons. The van der Waals surface area contributed by atoms with E-state index in [-0.39, 0.29) is 6.04 Å². The van der Waals surface area contributed by atoms with Crippen molar-refractivity contribution < 1.29 is 4.59 Å². The van der Waals surface area contributed by atoms with E-state index >= 15 is 0 Å². The van der Waals surface area contributed by atoms with Gasteiger partial charge in [0.25, 0.3) is 0 Å². The molecule has 2 atom stereocenters. The van der Waals surface area contributed by atoms with Crippen molar-refractivity contribution in [3.05, 3.63) is 71.6 Å². The molecule has 2 aliphatic heterocycles. The van der Waals surface area contributed by atoms with E-state index in [1.807, 2.05) is 0 Å². The Kier molecular flexibility index (Phi) is 4.57. The maximum Gasteiger partial charge on any atom is 0.171 e. The van der Waals surface area contributed by atoms with Gasteiger partial charge in [-0.1, -0.05) is 69.2 Å². The number of fused-ring (bicyclic) bond motifs is 1. The summed E-state index contributed by atoms with van der Waals surface area (Å²) in [4.78, 5) is 0. The van der Waals surface area contributed by atoms with Crippen molar-refractivity contribution >= 4 is 5.71 Å². The molecule has 0 spiro atoms. The minimum atomic E-state index is 0.00748. The largest absolute Gasteiger partial charge is 0.323 e. The number of nitrogens with two attached hydrogens (primary N) is 1. The molecule has 1 aromatic carbocycles. The van der Waals surface area contributed by atoms with E-state index in [0.717, 1.165) is 12.3 Å². The monoisotopic (exact) mass is 322 g/mol. The third kappa shape index (κ3) is 2.90. The van der Waals surface area contributed by atoms with Gasteiger partial charge in [-0.25, -0.2) is 0 Å². The Bertz CT molecular complexity index is 723. The molecule has 0 aromatic heterocycles. The van der Waals surface area contributed by atoms with Gasteiger partial charge < -0.3 is 5.73 Å². The Morgan fingerprint density at radius 2 is 1.75 bits per heavy atom. The maximum atomic E-state index is 6.60. The highest BCUT2D eigenvalue weighted by Crippen LogP contribution is 2.39. The van der Waals surface area contributed by atoms with Gasteiger partial charge in [0.1, 0.15) is 18.5 Å². The zero-order valence-electron chi connectivity index (χ0n) is 15.1. The van der Waals surface area contributed by atoms with Crippen molar-refractivity contribution in [1.82, 2.24) is 0 Å². The third-order valence-electron chi connectivity index (χ3n) is 4.82. The molecular formula is C21H28N3+. The number of allylic oxidation sites excluding steroid dienone is 3. The highest BCUT2D eigenvalue weighted by Gasteiger charge is 2.44. The fraction of sp³-hybridized carbons (Fsp3) is 0.381. The lowest BCUT2D eigenvalue weighted by Crippen LogP contribution is -2.36. The second-order valence-corrected chi connectivity index (χ2v) is 7.38. The minimum absolute atomic E-state index is 0.00748. The molecule has 3 nitrogen and oxygen atoms in total. The first-order valence-corrected chi connectivity index (χ1v) is 8.83. The zero-order valence-corrected chi connectivity index (χ0v) is 15.1. The zero-order chi connectivity index (χ0) is 17.3. The van der Waals surface area contributed by atoms with E-state index in [9.17, 15) is 0 Å². The van der Waals surface area contributed by atoms with Gasteiger partial charge in [-0.15, -0.1) is 4.59 Å². The van der Waals surface area contributed by atoms with E-state index in [4.69, 9.17) is 10.8 Å². The lowest BCUT2D eigenvalue weighted by Gasteiger charge is -2.28. The molecule has 2 unspecified atom stereocenters. The lowest BCUT2D eigenvalue weighted by molar-refractivity contribution is -0.857. The first-order valence-electron chi connectivity index (χ1n) is 8.83. The first kappa shape index (κ1) is 16.9. The van der Waals surface area contributed by atoms with Crippen molar-refractivity contribution in [3.8, 4) is 0 Å². The summed E-state index contributed by atoms with van der Waals surface area (Å²) >= 11 is 0. The number of nitrogens with zero attached hydrogens (tertiary/aromatic N) is 2. The highest BCUT2D eigenvalue weighted by atomic mass is 15.6. The van der Waals surface area contributed by atoms with Crippen LogP contribution in [0.5, 0.6) is 0 Å². The van der Waals surface area contributed by atoms with Crippen molar-refractivity contribution in [1.29, 1.82) is 0 Å². The van der Waals surface area contributed by atoms with Crippen molar-refractivity contribution in [3.63, 3.8) is 0 Å². The second kappa shape index (κ2) is 6.50. The summed E-state index contributed by atoms with van der Waals surface area (Å²) in [7, 11) is 0. The van der Waals surface area contributed by atoms with Crippen LogP contribution in [-0.4, -0.2) is 16.3 Å². The van der Waals surface area contributed by atoms with Gasteiger partial charge in [0.05, 0.1) is 5.57 Å². The Labute approximate surface area is 145 Å². The summed E-state index contributed by atoms with van der Waals surface area (Å²) in [6.45, 7) is 9.60. The molecule has 2 aliphatic rings. The summed E-state index contributed by atoms with van der Waals surface area (Å²) in [5, 5.41) is 5.18. The number of hydrogen-bond acceptors (Lipinski definition) is 2. The van der Waals surface area contributed by atoms with Gasteiger partial charge in [0.15, 0.2) is 5.70 Å². The molecule has 3 rings (SSSR count). The van der Waals surface area contributed by atoms with E-state index in [1.54, 1.807) is 0 Å². The second-order valence-electron chi connectivity index (χ2n) is 7.38. The fourth-order valence-electron chi connectivity index (χ4n) is 3.45. The molecule has 1 aromatic rings. The third-order valence-corrected chi connectivity index (χ3v) is 4.82. The maximum absolute atomic E-state index is 6.60. The predicted molar refractivity (Wildman–Crippen MR) is 101 cm³/mol. The van der Waals surface area contributed by atoms with Crippen molar-refractivity contribution in [2.24, 2.45) is 22.7 Å². The van der Waals surface area contributed by atoms with Crippen LogP contribution in [0, 0.1) is 11.8 Å². The normalized spacial score (nSPS) is 23.9. The summed E-state index contributed by atoms with van der Waals surface area (Å²) in [6.07, 6.45) is 8.57. The minimum Gasteiger partial charge on any atom is -0.323 e. The quantitative estimate of drug-likeness (QED) is 0.804. The van der Waals surface area contributed by atoms with E-state index in [0.29, 0.717) is 16.4 Å². The Morgan fingerprint density at radius 1 is 1.04 bits per heavy atom. The Morgan fingerprint density at radius 3 is 2.38 bits per heavy atom. The van der Waals surface area contributed by atoms with Gasteiger partial charge in [-0.3, -0.25) is 0 Å². The van der Waals surface area contributed by atoms with E-state index in [2.05, 4.69) is 82.5 Å². The molecule has 0 bridgehead atoms. The van der Waals surface area contributed by atoms with Crippen molar-refractivity contribution in [2.75, 3.05) is 0 Å². The van der Waals surface area contributed by atoms with Crippen LogP contribution in [0.2, 0.25) is 0 Å². The van der Waals surface area contributed by atoms with Crippen LogP contribution in [0.4, 0.5) is 0 Å². The molecule has 0 fully saturated rings. The van der Waals surface area contributed by atoms with Crippen LogP contribution >= 0.6 is 0 Å². The number of quaternary nitrogens is 1. The number of hydrogen-bond donors (Lipinski definition) is 1. The van der Waals surface area contributed by atoms with Crippen LogP contribution in [0.1, 0.15) is 33.3 Å². The molecule has 2 heterocycles. The molecule has 0 amide bonds.